The van der Waals surface area contributed by atoms with Gasteiger partial charge < -0.3 is 10.2 Å². The van der Waals surface area contributed by atoms with Gasteiger partial charge in [0, 0.05) is 5.92 Å². The molecule has 0 aliphatic heterocycles. The summed E-state index contributed by atoms with van der Waals surface area (Å²) in [6.45, 7) is 9.25. The molecule has 4 nitrogen and oxygen atoms in total. The van der Waals surface area contributed by atoms with E-state index in [1.54, 1.807) is 0 Å². The molecule has 5 rings (SSSR count). The lowest BCUT2D eigenvalue weighted by Crippen LogP contribution is -2.61. The Kier molecular flexibility index (Phi) is 4.84. The summed E-state index contributed by atoms with van der Waals surface area (Å²) in [6, 6.07) is 0. The second-order valence-electron chi connectivity index (χ2n) is 12.7. The van der Waals surface area contributed by atoms with Crippen molar-refractivity contribution in [2.75, 3.05) is 0 Å². The van der Waals surface area contributed by atoms with Crippen molar-refractivity contribution in [2.24, 2.45) is 51.8 Å². The molecule has 0 aromatic heterocycles. The quantitative estimate of drug-likeness (QED) is 0.599. The second-order valence-corrected chi connectivity index (χ2v) is 12.7. The highest BCUT2D eigenvalue weighted by atomic mass is 16.4. The zero-order chi connectivity index (χ0) is 22.3. The first-order valence-corrected chi connectivity index (χ1v) is 12.7. The van der Waals surface area contributed by atoms with E-state index in [0.717, 1.165) is 51.4 Å². The van der Waals surface area contributed by atoms with Crippen LogP contribution in [-0.4, -0.2) is 28.1 Å². The van der Waals surface area contributed by atoms with Crippen LogP contribution in [0.4, 0.5) is 0 Å². The Labute approximate surface area is 186 Å². The van der Waals surface area contributed by atoms with Crippen molar-refractivity contribution in [3.63, 3.8) is 0 Å². The van der Waals surface area contributed by atoms with Gasteiger partial charge >= 0.3 is 5.97 Å². The zero-order valence-electron chi connectivity index (χ0n) is 19.7. The van der Waals surface area contributed by atoms with Crippen molar-refractivity contribution < 1.29 is 19.8 Å². The molecule has 0 aromatic carbocycles. The average Bonchev–Trinajstić information content (AvgIpc) is 2.69. The van der Waals surface area contributed by atoms with Crippen molar-refractivity contribution in [1.29, 1.82) is 0 Å². The van der Waals surface area contributed by atoms with E-state index < -0.39 is 5.97 Å². The lowest BCUT2D eigenvalue weighted by molar-refractivity contribution is -0.169. The summed E-state index contributed by atoms with van der Waals surface area (Å²) in [5, 5.41) is 20.2. The van der Waals surface area contributed by atoms with Crippen LogP contribution < -0.4 is 0 Å². The fraction of sp³-hybridized carbons (Fsp3) is 0.852. The van der Waals surface area contributed by atoms with Gasteiger partial charge in [-0.15, -0.1) is 0 Å². The molecule has 5 aliphatic carbocycles. The standard InChI is InChI=1S/C27H40O4/c1-15-18-7-11-27(4)19-6-10-25(2)9-5-16(24(30)31)13-20(25)17(19)14-22(29)23(27)26(18,3)12-8-21(15)28/h14-16,18-21,23,28H,5-13H2,1-4H3,(H,30,31)/t15-,16?,18?,19?,20?,21?,23?,25-,26+,27+/m1/s1. The zero-order valence-corrected chi connectivity index (χ0v) is 19.7. The van der Waals surface area contributed by atoms with Crippen LogP contribution in [0.5, 0.6) is 0 Å². The molecule has 0 saturated heterocycles. The number of carbonyl (C=O) groups excluding carboxylic acids is 1. The maximum absolute atomic E-state index is 13.9. The minimum atomic E-state index is -0.668. The van der Waals surface area contributed by atoms with Gasteiger partial charge in [-0.3, -0.25) is 9.59 Å². The van der Waals surface area contributed by atoms with E-state index in [2.05, 4.69) is 27.7 Å². The van der Waals surface area contributed by atoms with Crippen LogP contribution in [0, 0.1) is 51.8 Å². The van der Waals surface area contributed by atoms with E-state index >= 15 is 0 Å². The number of carboxylic acids is 1. The summed E-state index contributed by atoms with van der Waals surface area (Å²) >= 11 is 0. The van der Waals surface area contributed by atoms with Gasteiger partial charge in [0.05, 0.1) is 12.0 Å². The third kappa shape index (κ3) is 2.89. The van der Waals surface area contributed by atoms with Gasteiger partial charge in [0.1, 0.15) is 0 Å². The number of carboxylic acid groups (broad SMARTS) is 1. The Morgan fingerprint density at radius 2 is 1.65 bits per heavy atom. The molecule has 10 atom stereocenters. The van der Waals surface area contributed by atoms with Crippen molar-refractivity contribution in [2.45, 2.75) is 91.6 Å². The number of hydrogen-bond acceptors (Lipinski definition) is 3. The van der Waals surface area contributed by atoms with Gasteiger partial charge in [0.15, 0.2) is 5.78 Å². The summed E-state index contributed by atoms with van der Waals surface area (Å²) in [4.78, 5) is 25.7. The highest BCUT2D eigenvalue weighted by molar-refractivity contribution is 5.95. The summed E-state index contributed by atoms with van der Waals surface area (Å²) in [6.07, 6.45) is 10.4. The maximum atomic E-state index is 13.9. The van der Waals surface area contributed by atoms with Gasteiger partial charge in [-0.25, -0.2) is 0 Å². The molecule has 0 spiro atoms. The van der Waals surface area contributed by atoms with E-state index in [1.165, 1.54) is 5.57 Å². The van der Waals surface area contributed by atoms with Crippen molar-refractivity contribution in [3.05, 3.63) is 11.6 Å². The molecular formula is C27H40O4. The molecule has 31 heavy (non-hydrogen) atoms. The first-order valence-electron chi connectivity index (χ1n) is 12.7. The molecule has 172 valence electrons. The number of hydrogen-bond donors (Lipinski definition) is 2. The lowest BCUT2D eigenvalue weighted by atomic mass is 9.38. The molecule has 4 fully saturated rings. The second kappa shape index (κ2) is 6.92. The molecule has 4 saturated carbocycles. The van der Waals surface area contributed by atoms with Crippen LogP contribution in [0.1, 0.15) is 85.5 Å². The Hall–Kier alpha value is -1.16. The first-order chi connectivity index (χ1) is 14.5. The van der Waals surface area contributed by atoms with E-state index in [-0.39, 0.29) is 46.0 Å². The number of rotatable bonds is 1. The Morgan fingerprint density at radius 1 is 0.968 bits per heavy atom. The summed E-state index contributed by atoms with van der Waals surface area (Å²) in [5.74, 6) is 0.697. The normalized spacial score (nSPS) is 54.0. The predicted molar refractivity (Wildman–Crippen MR) is 119 cm³/mol. The highest BCUT2D eigenvalue weighted by Crippen LogP contribution is 2.69. The first kappa shape index (κ1) is 21.7. The molecule has 2 N–H and O–H groups in total. The summed E-state index contributed by atoms with van der Waals surface area (Å²) < 4.78 is 0. The van der Waals surface area contributed by atoms with Crippen molar-refractivity contribution in [1.82, 2.24) is 0 Å². The third-order valence-electron chi connectivity index (χ3n) is 11.4. The van der Waals surface area contributed by atoms with Gasteiger partial charge in [-0.1, -0.05) is 33.3 Å². The van der Waals surface area contributed by atoms with Gasteiger partial charge in [-0.2, -0.15) is 0 Å². The van der Waals surface area contributed by atoms with Gasteiger partial charge in [0.25, 0.3) is 0 Å². The Morgan fingerprint density at radius 3 is 2.35 bits per heavy atom. The third-order valence-corrected chi connectivity index (χ3v) is 11.4. The predicted octanol–water partition coefficient (Wildman–Crippen LogP) is 5.24. The summed E-state index contributed by atoms with van der Waals surface area (Å²) in [5.41, 5.74) is 1.37. The van der Waals surface area contributed by atoms with Crippen LogP contribution in [-0.2, 0) is 9.59 Å². The molecule has 0 radical (unpaired) electrons. The lowest BCUT2D eigenvalue weighted by Gasteiger charge is -2.65. The number of carbonyl (C=O) groups is 2. The van der Waals surface area contributed by atoms with E-state index in [0.29, 0.717) is 24.0 Å². The smallest absolute Gasteiger partial charge is 0.306 e. The monoisotopic (exact) mass is 428 g/mol. The minimum absolute atomic E-state index is 0.0330. The van der Waals surface area contributed by atoms with Crippen molar-refractivity contribution >= 4 is 11.8 Å². The minimum Gasteiger partial charge on any atom is -0.481 e. The van der Waals surface area contributed by atoms with Crippen LogP contribution >= 0.6 is 0 Å². The maximum Gasteiger partial charge on any atom is 0.306 e. The highest BCUT2D eigenvalue weighted by Gasteiger charge is 2.64. The Bertz CT molecular complexity index is 831. The molecule has 6 unspecified atom stereocenters. The average molecular weight is 429 g/mol. The molecule has 4 heteroatoms. The number of aliphatic carboxylic acids is 1. The number of aliphatic hydroxyl groups excluding tert-OH is 1. The molecule has 0 amide bonds. The molecule has 0 heterocycles. The van der Waals surface area contributed by atoms with Crippen LogP contribution in [0.25, 0.3) is 0 Å². The summed E-state index contributed by atoms with van der Waals surface area (Å²) in [7, 11) is 0. The number of allylic oxidation sites excluding steroid dienone is 2. The Balaban J connectivity index is 1.55. The van der Waals surface area contributed by atoms with Crippen LogP contribution in [0.2, 0.25) is 0 Å². The van der Waals surface area contributed by atoms with Crippen molar-refractivity contribution in [3.8, 4) is 0 Å². The van der Waals surface area contributed by atoms with Crippen LogP contribution in [0.3, 0.4) is 0 Å². The van der Waals surface area contributed by atoms with Gasteiger partial charge in [-0.05, 0) is 104 Å². The molecule has 0 aromatic rings. The van der Waals surface area contributed by atoms with E-state index in [4.69, 9.17) is 0 Å². The number of aliphatic hydroxyl groups is 1. The fourth-order valence-electron chi connectivity index (χ4n) is 9.59. The molecule has 0 bridgehead atoms. The molecular weight excluding hydrogens is 388 g/mol. The SMILES string of the molecule is C[C@H]1C(O)CC[C@@]2(C)C1CC[C@@]1(C)C3CC[C@@]4(C)CCC(C(=O)O)CC4C3=CC(=O)C12. The van der Waals surface area contributed by atoms with E-state index in [9.17, 15) is 19.8 Å². The number of fused-ring (bicyclic) bond motifs is 7. The van der Waals surface area contributed by atoms with E-state index in [1.807, 2.05) is 6.08 Å². The number of ketones is 1. The topological polar surface area (TPSA) is 74.6 Å². The largest absolute Gasteiger partial charge is 0.481 e. The molecule has 5 aliphatic rings. The fourth-order valence-corrected chi connectivity index (χ4v) is 9.59. The van der Waals surface area contributed by atoms with Gasteiger partial charge in [0.2, 0.25) is 0 Å². The van der Waals surface area contributed by atoms with Crippen LogP contribution in [0.15, 0.2) is 11.6 Å².